The lowest BCUT2D eigenvalue weighted by atomic mass is 9.93. The minimum atomic E-state index is 0.0705. The van der Waals surface area contributed by atoms with Gasteiger partial charge in [0.15, 0.2) is 0 Å². The third-order valence-corrected chi connectivity index (χ3v) is 6.40. The zero-order valence-corrected chi connectivity index (χ0v) is 16.2. The zero-order valence-electron chi connectivity index (χ0n) is 15.3. The number of carbonyl (C=O) groups is 2. The van der Waals surface area contributed by atoms with Crippen LogP contribution in [0.1, 0.15) is 29.6 Å². The summed E-state index contributed by atoms with van der Waals surface area (Å²) in [6.45, 7) is 3.16. The number of rotatable bonds is 4. The molecule has 2 aromatic carbocycles. The molecule has 0 radical (unpaired) electrons. The number of benzene rings is 2. The Morgan fingerprint density at radius 3 is 2.00 bits per heavy atom. The Kier molecular flexibility index (Phi) is 5.48. The van der Waals surface area contributed by atoms with Gasteiger partial charge in [-0.3, -0.25) is 9.59 Å². The molecule has 0 unspecified atom stereocenters. The number of hydrogen-bond acceptors (Lipinski definition) is 3. The van der Waals surface area contributed by atoms with E-state index in [4.69, 9.17) is 0 Å². The van der Waals surface area contributed by atoms with E-state index in [2.05, 4.69) is 12.1 Å². The first-order valence-corrected chi connectivity index (χ1v) is 10.4. The van der Waals surface area contributed by atoms with Crippen LogP contribution in [0.25, 0.3) is 0 Å². The lowest BCUT2D eigenvalue weighted by Gasteiger charge is -2.37. The quantitative estimate of drug-likeness (QED) is 0.807. The Labute approximate surface area is 164 Å². The van der Waals surface area contributed by atoms with Gasteiger partial charge in [-0.25, -0.2) is 0 Å². The summed E-state index contributed by atoms with van der Waals surface area (Å²) in [6.07, 6.45) is 2.69. The van der Waals surface area contributed by atoms with Crippen molar-refractivity contribution in [3.8, 4) is 0 Å². The monoisotopic (exact) mass is 380 g/mol. The van der Waals surface area contributed by atoms with Crippen molar-refractivity contribution in [3.05, 3.63) is 60.2 Å². The van der Waals surface area contributed by atoms with Crippen LogP contribution in [0.5, 0.6) is 0 Å². The number of piperidine rings is 1. The lowest BCUT2D eigenvalue weighted by Crippen LogP contribution is -2.48. The number of carbonyl (C=O) groups excluding carboxylic acids is 2. The van der Waals surface area contributed by atoms with Crippen LogP contribution in [0.4, 0.5) is 0 Å². The Hall–Kier alpha value is -2.27. The number of amides is 2. The number of likely N-dealkylation sites (tertiary alicyclic amines) is 2. The molecule has 2 aliphatic rings. The van der Waals surface area contributed by atoms with Gasteiger partial charge >= 0.3 is 0 Å². The second-order valence-electron chi connectivity index (χ2n) is 7.18. The van der Waals surface area contributed by atoms with Crippen molar-refractivity contribution in [3.63, 3.8) is 0 Å². The SMILES string of the molecule is O=C(c1ccc(Sc2ccccc2)cc1)N1CCC(C(=O)N2CCC2)CC1. The molecule has 2 fully saturated rings. The van der Waals surface area contributed by atoms with Crippen molar-refractivity contribution in [2.75, 3.05) is 26.2 Å². The van der Waals surface area contributed by atoms with Gasteiger partial charge in [0.05, 0.1) is 0 Å². The molecule has 27 heavy (non-hydrogen) atoms. The Balaban J connectivity index is 1.32. The molecule has 0 atom stereocenters. The average molecular weight is 381 g/mol. The smallest absolute Gasteiger partial charge is 0.253 e. The molecule has 140 valence electrons. The molecule has 0 saturated carbocycles. The fourth-order valence-corrected chi connectivity index (χ4v) is 4.43. The molecule has 2 saturated heterocycles. The Bertz CT molecular complexity index is 795. The fourth-order valence-electron chi connectivity index (χ4n) is 3.60. The van der Waals surface area contributed by atoms with Gasteiger partial charge in [-0.1, -0.05) is 30.0 Å². The van der Waals surface area contributed by atoms with Crippen molar-refractivity contribution in [2.45, 2.75) is 29.1 Å². The molecule has 0 N–H and O–H groups in total. The van der Waals surface area contributed by atoms with E-state index in [0.717, 1.165) is 42.8 Å². The summed E-state index contributed by atoms with van der Waals surface area (Å²) in [5.74, 6) is 0.454. The van der Waals surface area contributed by atoms with E-state index in [9.17, 15) is 9.59 Å². The summed E-state index contributed by atoms with van der Waals surface area (Å²) >= 11 is 1.69. The molecule has 0 aromatic heterocycles. The standard InChI is InChI=1S/C22H24N2O2S/c25-21(24-15-11-18(12-16-24)22(26)23-13-4-14-23)17-7-9-20(10-8-17)27-19-5-2-1-3-6-19/h1-3,5-10,18H,4,11-16H2. The molecule has 2 heterocycles. The van der Waals surface area contributed by atoms with Crippen LogP contribution in [0.3, 0.4) is 0 Å². The van der Waals surface area contributed by atoms with E-state index >= 15 is 0 Å². The first-order chi connectivity index (χ1) is 13.2. The predicted molar refractivity (Wildman–Crippen MR) is 107 cm³/mol. The van der Waals surface area contributed by atoms with Crippen molar-refractivity contribution in [1.82, 2.24) is 9.80 Å². The van der Waals surface area contributed by atoms with Crippen LogP contribution in [0, 0.1) is 5.92 Å². The lowest BCUT2D eigenvalue weighted by molar-refractivity contribution is -0.140. The maximum Gasteiger partial charge on any atom is 0.253 e. The average Bonchev–Trinajstić information content (AvgIpc) is 2.68. The summed E-state index contributed by atoms with van der Waals surface area (Å²) in [5, 5.41) is 0. The van der Waals surface area contributed by atoms with Gasteiger partial charge in [-0.2, -0.15) is 0 Å². The molecule has 0 spiro atoms. The van der Waals surface area contributed by atoms with Crippen molar-refractivity contribution in [1.29, 1.82) is 0 Å². The molecule has 2 aliphatic heterocycles. The summed E-state index contributed by atoms with van der Waals surface area (Å²) in [5.41, 5.74) is 0.722. The first kappa shape index (κ1) is 18.1. The van der Waals surface area contributed by atoms with E-state index < -0.39 is 0 Å². The number of hydrogen-bond donors (Lipinski definition) is 0. The van der Waals surface area contributed by atoms with Gasteiger partial charge < -0.3 is 9.80 Å². The maximum atomic E-state index is 12.8. The van der Waals surface area contributed by atoms with Crippen LogP contribution in [0.2, 0.25) is 0 Å². The summed E-state index contributed by atoms with van der Waals surface area (Å²) < 4.78 is 0. The molecular weight excluding hydrogens is 356 g/mol. The second-order valence-corrected chi connectivity index (χ2v) is 8.33. The normalized spacial score (nSPS) is 17.5. The van der Waals surface area contributed by atoms with Crippen LogP contribution < -0.4 is 0 Å². The van der Waals surface area contributed by atoms with Crippen LogP contribution in [-0.4, -0.2) is 47.8 Å². The van der Waals surface area contributed by atoms with Crippen molar-refractivity contribution < 1.29 is 9.59 Å². The number of nitrogens with zero attached hydrogens (tertiary/aromatic N) is 2. The van der Waals surface area contributed by atoms with Gasteiger partial charge in [0.1, 0.15) is 0 Å². The van der Waals surface area contributed by atoms with E-state index in [1.54, 1.807) is 11.8 Å². The summed E-state index contributed by atoms with van der Waals surface area (Å²) in [4.78, 5) is 31.3. The van der Waals surface area contributed by atoms with Crippen molar-refractivity contribution >= 4 is 23.6 Å². The molecule has 4 rings (SSSR count). The maximum absolute atomic E-state index is 12.8. The molecule has 2 aromatic rings. The molecule has 5 heteroatoms. The highest BCUT2D eigenvalue weighted by Crippen LogP contribution is 2.28. The molecule has 4 nitrogen and oxygen atoms in total. The summed E-state index contributed by atoms with van der Waals surface area (Å²) in [7, 11) is 0. The van der Waals surface area contributed by atoms with Crippen LogP contribution in [-0.2, 0) is 4.79 Å². The zero-order chi connectivity index (χ0) is 18.6. The third kappa shape index (κ3) is 4.19. The van der Waals surface area contributed by atoms with Crippen LogP contribution in [0.15, 0.2) is 64.4 Å². The van der Waals surface area contributed by atoms with Gasteiger partial charge in [-0.15, -0.1) is 0 Å². The summed E-state index contributed by atoms with van der Waals surface area (Å²) in [6, 6.07) is 18.0. The highest BCUT2D eigenvalue weighted by Gasteiger charge is 2.32. The van der Waals surface area contributed by atoms with Gasteiger partial charge in [0.25, 0.3) is 5.91 Å². The fraction of sp³-hybridized carbons (Fsp3) is 0.364. The van der Waals surface area contributed by atoms with Crippen LogP contribution >= 0.6 is 11.8 Å². The molecule has 0 bridgehead atoms. The Morgan fingerprint density at radius 2 is 1.41 bits per heavy atom. The first-order valence-electron chi connectivity index (χ1n) is 9.62. The van der Waals surface area contributed by atoms with E-state index in [0.29, 0.717) is 13.1 Å². The molecule has 2 amide bonds. The van der Waals surface area contributed by atoms with Crippen molar-refractivity contribution in [2.24, 2.45) is 5.92 Å². The van der Waals surface area contributed by atoms with Gasteiger partial charge in [0.2, 0.25) is 5.91 Å². The third-order valence-electron chi connectivity index (χ3n) is 5.38. The predicted octanol–water partition coefficient (Wildman–Crippen LogP) is 3.92. The second kappa shape index (κ2) is 8.17. The highest BCUT2D eigenvalue weighted by molar-refractivity contribution is 7.99. The molecule has 0 aliphatic carbocycles. The highest BCUT2D eigenvalue weighted by atomic mass is 32.2. The minimum Gasteiger partial charge on any atom is -0.342 e. The van der Waals surface area contributed by atoms with Gasteiger partial charge in [-0.05, 0) is 55.7 Å². The minimum absolute atomic E-state index is 0.0705. The Morgan fingerprint density at radius 1 is 0.778 bits per heavy atom. The topological polar surface area (TPSA) is 40.6 Å². The van der Waals surface area contributed by atoms with E-state index in [-0.39, 0.29) is 17.7 Å². The molecular formula is C22H24N2O2S. The largest absolute Gasteiger partial charge is 0.342 e. The van der Waals surface area contributed by atoms with E-state index in [1.807, 2.05) is 52.3 Å². The van der Waals surface area contributed by atoms with E-state index in [1.165, 1.54) is 4.90 Å². The van der Waals surface area contributed by atoms with Gasteiger partial charge in [0, 0.05) is 47.5 Å².